The van der Waals surface area contributed by atoms with E-state index in [0.29, 0.717) is 6.61 Å². The zero-order chi connectivity index (χ0) is 15.4. The van der Waals surface area contributed by atoms with Crippen LogP contribution >= 0.6 is 22.7 Å². The molecule has 3 rings (SSSR count). The van der Waals surface area contributed by atoms with Crippen molar-refractivity contribution in [1.82, 2.24) is 9.97 Å². The summed E-state index contributed by atoms with van der Waals surface area (Å²) < 4.78 is 0. The first kappa shape index (κ1) is 14.9. The van der Waals surface area contributed by atoms with Gasteiger partial charge in [-0.2, -0.15) is 0 Å². The molecule has 0 aromatic carbocycles. The van der Waals surface area contributed by atoms with E-state index in [1.165, 1.54) is 0 Å². The van der Waals surface area contributed by atoms with Gasteiger partial charge in [0.25, 0.3) is 0 Å². The SMILES string of the molecule is C/C(=N\OCc1cccnc1)c1csc(-c2csc(C)n2)c1. The lowest BCUT2D eigenvalue weighted by Crippen LogP contribution is -1.95. The predicted octanol–water partition coefficient (Wildman–Crippen LogP) is 4.52. The van der Waals surface area contributed by atoms with Gasteiger partial charge in [-0.1, -0.05) is 11.2 Å². The molecule has 0 radical (unpaired) electrons. The number of thiophene rings is 1. The summed E-state index contributed by atoms with van der Waals surface area (Å²) in [7, 11) is 0. The van der Waals surface area contributed by atoms with E-state index in [4.69, 9.17) is 4.84 Å². The summed E-state index contributed by atoms with van der Waals surface area (Å²) in [5.74, 6) is 0. The fourth-order valence-corrected chi connectivity index (χ4v) is 3.48. The minimum absolute atomic E-state index is 0.424. The molecule has 0 aliphatic rings. The summed E-state index contributed by atoms with van der Waals surface area (Å²) in [5, 5.41) is 9.42. The third-order valence-electron chi connectivity index (χ3n) is 3.04. The Kier molecular flexibility index (Phi) is 4.60. The molecule has 22 heavy (non-hydrogen) atoms. The van der Waals surface area contributed by atoms with E-state index in [2.05, 4.69) is 32.0 Å². The normalized spacial score (nSPS) is 11.6. The van der Waals surface area contributed by atoms with Crippen molar-refractivity contribution >= 4 is 28.4 Å². The average Bonchev–Trinajstić information content (AvgIpc) is 3.17. The predicted molar refractivity (Wildman–Crippen MR) is 91.4 cm³/mol. The molecular formula is C16H15N3OS2. The Labute approximate surface area is 137 Å². The van der Waals surface area contributed by atoms with Gasteiger partial charge in [-0.3, -0.25) is 4.98 Å². The molecule has 0 N–H and O–H groups in total. The summed E-state index contributed by atoms with van der Waals surface area (Å²) in [4.78, 5) is 15.1. The molecule has 0 aliphatic carbocycles. The van der Waals surface area contributed by atoms with Crippen LogP contribution in [0.1, 0.15) is 23.1 Å². The number of hydrogen-bond donors (Lipinski definition) is 0. The topological polar surface area (TPSA) is 47.4 Å². The van der Waals surface area contributed by atoms with Gasteiger partial charge in [0.2, 0.25) is 0 Å². The molecule has 3 heterocycles. The third-order valence-corrected chi connectivity index (χ3v) is 4.77. The fourth-order valence-electron chi connectivity index (χ4n) is 1.88. The maximum absolute atomic E-state index is 5.39. The van der Waals surface area contributed by atoms with Crippen LogP contribution in [0.3, 0.4) is 0 Å². The van der Waals surface area contributed by atoms with Gasteiger partial charge in [-0.25, -0.2) is 4.98 Å². The molecule has 3 aromatic rings. The summed E-state index contributed by atoms with van der Waals surface area (Å²) >= 11 is 3.34. The van der Waals surface area contributed by atoms with Crippen LogP contribution in [0.2, 0.25) is 0 Å². The van der Waals surface area contributed by atoms with Gasteiger partial charge < -0.3 is 4.84 Å². The van der Waals surface area contributed by atoms with Crippen molar-refractivity contribution in [3.8, 4) is 10.6 Å². The number of rotatable bonds is 5. The molecule has 0 aliphatic heterocycles. The Morgan fingerprint density at radius 1 is 1.32 bits per heavy atom. The van der Waals surface area contributed by atoms with Crippen molar-refractivity contribution in [2.75, 3.05) is 0 Å². The molecule has 0 atom stereocenters. The van der Waals surface area contributed by atoms with Crippen molar-refractivity contribution in [2.24, 2.45) is 5.16 Å². The number of nitrogens with zero attached hydrogens (tertiary/aromatic N) is 3. The molecule has 0 unspecified atom stereocenters. The Morgan fingerprint density at radius 3 is 2.95 bits per heavy atom. The van der Waals surface area contributed by atoms with Crippen molar-refractivity contribution in [1.29, 1.82) is 0 Å². The second-order valence-electron chi connectivity index (χ2n) is 4.76. The number of aryl methyl sites for hydroxylation is 1. The zero-order valence-corrected chi connectivity index (χ0v) is 13.9. The second kappa shape index (κ2) is 6.81. The van der Waals surface area contributed by atoms with Crippen LogP contribution in [0.25, 0.3) is 10.6 Å². The highest BCUT2D eigenvalue weighted by Crippen LogP contribution is 2.28. The van der Waals surface area contributed by atoms with Crippen molar-refractivity contribution in [2.45, 2.75) is 20.5 Å². The minimum Gasteiger partial charge on any atom is -0.391 e. The molecule has 0 saturated carbocycles. The Hall–Kier alpha value is -2.05. The molecule has 0 spiro atoms. The maximum Gasteiger partial charge on any atom is 0.143 e. The van der Waals surface area contributed by atoms with Crippen LogP contribution in [-0.4, -0.2) is 15.7 Å². The highest BCUT2D eigenvalue weighted by molar-refractivity contribution is 7.14. The standard InChI is InChI=1S/C16H15N3OS2/c1-11(19-20-8-13-4-3-5-17-7-13)14-6-16(22-9-14)15-10-21-12(2)18-15/h3-7,9-10H,8H2,1-2H3/b19-11+. The highest BCUT2D eigenvalue weighted by Gasteiger charge is 2.08. The molecule has 0 bridgehead atoms. The monoisotopic (exact) mass is 329 g/mol. The second-order valence-corrected chi connectivity index (χ2v) is 6.74. The van der Waals surface area contributed by atoms with Crippen molar-refractivity contribution < 1.29 is 4.84 Å². The molecule has 0 amide bonds. The first-order valence-corrected chi connectivity index (χ1v) is 8.55. The molecule has 112 valence electrons. The number of aromatic nitrogens is 2. The molecule has 6 heteroatoms. The van der Waals surface area contributed by atoms with Gasteiger partial charge in [0.05, 0.1) is 21.3 Å². The van der Waals surface area contributed by atoms with E-state index >= 15 is 0 Å². The number of thiazole rings is 1. The zero-order valence-electron chi connectivity index (χ0n) is 12.3. The maximum atomic E-state index is 5.39. The van der Waals surface area contributed by atoms with E-state index in [1.807, 2.05) is 26.0 Å². The van der Waals surface area contributed by atoms with E-state index < -0.39 is 0 Å². The van der Waals surface area contributed by atoms with Gasteiger partial charge in [0, 0.05) is 34.3 Å². The molecular weight excluding hydrogens is 314 g/mol. The lowest BCUT2D eigenvalue weighted by molar-refractivity contribution is 0.130. The van der Waals surface area contributed by atoms with Gasteiger partial charge in [-0.05, 0) is 26.0 Å². The van der Waals surface area contributed by atoms with Crippen LogP contribution in [0.15, 0.2) is 46.5 Å². The summed E-state index contributed by atoms with van der Waals surface area (Å²) in [5.41, 5.74) is 3.96. The van der Waals surface area contributed by atoms with Crippen LogP contribution < -0.4 is 0 Å². The lowest BCUT2D eigenvalue weighted by Gasteiger charge is -2.00. The van der Waals surface area contributed by atoms with Gasteiger partial charge in [0.15, 0.2) is 0 Å². The van der Waals surface area contributed by atoms with E-state index in [1.54, 1.807) is 35.1 Å². The Morgan fingerprint density at radius 2 is 2.23 bits per heavy atom. The Bertz CT molecular complexity index is 778. The van der Waals surface area contributed by atoms with Crippen LogP contribution in [0.5, 0.6) is 0 Å². The van der Waals surface area contributed by atoms with Crippen LogP contribution in [0.4, 0.5) is 0 Å². The van der Waals surface area contributed by atoms with E-state index in [-0.39, 0.29) is 0 Å². The van der Waals surface area contributed by atoms with E-state index in [9.17, 15) is 0 Å². The number of hydrogen-bond acceptors (Lipinski definition) is 6. The largest absolute Gasteiger partial charge is 0.391 e. The quantitative estimate of drug-likeness (QED) is 0.511. The summed E-state index contributed by atoms with van der Waals surface area (Å²) in [6.45, 7) is 4.39. The van der Waals surface area contributed by atoms with Gasteiger partial charge in [-0.15, -0.1) is 22.7 Å². The average molecular weight is 329 g/mol. The minimum atomic E-state index is 0.424. The Balaban J connectivity index is 1.66. The lowest BCUT2D eigenvalue weighted by atomic mass is 10.2. The van der Waals surface area contributed by atoms with Gasteiger partial charge >= 0.3 is 0 Å². The highest BCUT2D eigenvalue weighted by atomic mass is 32.1. The van der Waals surface area contributed by atoms with E-state index in [0.717, 1.165) is 32.4 Å². The first-order valence-electron chi connectivity index (χ1n) is 6.79. The molecule has 0 fully saturated rings. The third kappa shape index (κ3) is 3.58. The van der Waals surface area contributed by atoms with Crippen molar-refractivity contribution in [3.63, 3.8) is 0 Å². The number of oxime groups is 1. The molecule has 0 saturated heterocycles. The molecule has 3 aromatic heterocycles. The summed E-state index contributed by atoms with van der Waals surface area (Å²) in [6, 6.07) is 5.95. The number of pyridine rings is 1. The fraction of sp³-hybridized carbons (Fsp3) is 0.188. The van der Waals surface area contributed by atoms with Crippen molar-refractivity contribution in [3.05, 3.63) is 57.5 Å². The molecule has 4 nitrogen and oxygen atoms in total. The smallest absolute Gasteiger partial charge is 0.143 e. The van der Waals surface area contributed by atoms with Crippen LogP contribution in [0, 0.1) is 6.92 Å². The first-order chi connectivity index (χ1) is 10.7. The van der Waals surface area contributed by atoms with Gasteiger partial charge in [0.1, 0.15) is 6.61 Å². The van der Waals surface area contributed by atoms with Crippen LogP contribution in [-0.2, 0) is 11.4 Å². The summed E-state index contributed by atoms with van der Waals surface area (Å²) in [6.07, 6.45) is 3.52.